The third kappa shape index (κ3) is 3.80. The predicted molar refractivity (Wildman–Crippen MR) is 113 cm³/mol. The molecule has 6 rings (SSSR count). The zero-order valence-electron chi connectivity index (χ0n) is 17.5. The number of hydrogen-bond acceptors (Lipinski definition) is 4. The van der Waals surface area contributed by atoms with Crippen LogP contribution in [0.15, 0.2) is 29.2 Å². The lowest BCUT2D eigenvalue weighted by molar-refractivity contribution is -0.146. The lowest BCUT2D eigenvalue weighted by Crippen LogP contribution is -2.53. The van der Waals surface area contributed by atoms with Gasteiger partial charge in [0.05, 0.1) is 18.1 Å². The third-order valence-corrected chi connectivity index (χ3v) is 9.66. The summed E-state index contributed by atoms with van der Waals surface area (Å²) in [5.41, 5.74) is 0.937. The number of nitrogens with zero attached hydrogens (tertiary/aromatic N) is 1. The molecule has 30 heavy (non-hydrogen) atoms. The second-order valence-electron chi connectivity index (χ2n) is 9.86. The normalized spacial score (nSPS) is 33.5. The van der Waals surface area contributed by atoms with E-state index in [9.17, 15) is 13.2 Å². The smallest absolute Gasteiger partial charge is 0.243 e. The fourth-order valence-corrected chi connectivity index (χ4v) is 8.07. The van der Waals surface area contributed by atoms with Gasteiger partial charge in [0, 0.05) is 25.0 Å². The summed E-state index contributed by atoms with van der Waals surface area (Å²) in [6.45, 7) is 2.30. The monoisotopic (exact) mass is 432 g/mol. The number of ether oxygens (including phenoxy) is 1. The molecule has 1 amide bonds. The van der Waals surface area contributed by atoms with Crippen molar-refractivity contribution in [3.63, 3.8) is 0 Å². The topological polar surface area (TPSA) is 75.7 Å². The molecule has 4 saturated carbocycles. The van der Waals surface area contributed by atoms with Crippen LogP contribution in [0.4, 0.5) is 0 Å². The van der Waals surface area contributed by atoms with Gasteiger partial charge in [-0.1, -0.05) is 12.1 Å². The number of hydrogen-bond donors (Lipinski definition) is 1. The fourth-order valence-electron chi connectivity index (χ4n) is 6.66. The van der Waals surface area contributed by atoms with E-state index in [0.29, 0.717) is 37.7 Å². The number of carbonyl (C=O) groups is 1. The number of morpholine rings is 1. The molecule has 6 nitrogen and oxygen atoms in total. The quantitative estimate of drug-likeness (QED) is 0.750. The minimum atomic E-state index is -3.46. The zero-order chi connectivity index (χ0) is 20.8. The maximum atomic E-state index is 13.0. The van der Waals surface area contributed by atoms with Gasteiger partial charge in [-0.2, -0.15) is 4.31 Å². The van der Waals surface area contributed by atoms with Gasteiger partial charge in [-0.3, -0.25) is 4.79 Å². The van der Waals surface area contributed by atoms with Crippen LogP contribution in [0.2, 0.25) is 0 Å². The highest BCUT2D eigenvalue weighted by atomic mass is 32.2. The van der Waals surface area contributed by atoms with Crippen molar-refractivity contribution in [2.75, 3.05) is 32.8 Å². The predicted octanol–water partition coefficient (Wildman–Crippen LogP) is 2.58. The molecule has 5 aliphatic rings. The molecule has 5 fully saturated rings. The van der Waals surface area contributed by atoms with Crippen LogP contribution in [0.5, 0.6) is 0 Å². The maximum absolute atomic E-state index is 13.0. The summed E-state index contributed by atoms with van der Waals surface area (Å²) < 4.78 is 32.2. The number of sulfonamides is 1. The average molecular weight is 433 g/mol. The van der Waals surface area contributed by atoms with Gasteiger partial charge in [-0.25, -0.2) is 8.42 Å². The summed E-state index contributed by atoms with van der Waals surface area (Å²) in [6.07, 6.45) is 7.98. The van der Waals surface area contributed by atoms with E-state index in [2.05, 4.69) is 5.32 Å². The highest BCUT2D eigenvalue weighted by Crippen LogP contribution is 2.60. The Hall–Kier alpha value is -1.44. The zero-order valence-corrected chi connectivity index (χ0v) is 18.3. The van der Waals surface area contributed by atoms with Crippen LogP contribution in [-0.2, 0) is 26.0 Å². The number of benzene rings is 1. The van der Waals surface area contributed by atoms with E-state index in [1.165, 1.54) is 23.6 Å². The highest BCUT2D eigenvalue weighted by molar-refractivity contribution is 7.89. The summed E-state index contributed by atoms with van der Waals surface area (Å²) >= 11 is 0. The number of carbonyl (C=O) groups excluding carboxylic acids is 1. The SMILES string of the molecule is O=C(NCCc1ccc(S(=O)(=O)N2CCOCC2)cc1)C12CC3CC(CC(C3)C1)C2. The molecule has 4 aliphatic carbocycles. The van der Waals surface area contributed by atoms with Gasteiger partial charge in [0.1, 0.15) is 0 Å². The van der Waals surface area contributed by atoms with Crippen LogP contribution >= 0.6 is 0 Å². The van der Waals surface area contributed by atoms with Crippen LogP contribution in [-0.4, -0.2) is 51.5 Å². The fraction of sp³-hybridized carbons (Fsp3) is 0.696. The van der Waals surface area contributed by atoms with Gasteiger partial charge in [0.25, 0.3) is 0 Å². The van der Waals surface area contributed by atoms with Crippen LogP contribution in [0.1, 0.15) is 44.1 Å². The van der Waals surface area contributed by atoms with Crippen molar-refractivity contribution in [3.05, 3.63) is 29.8 Å². The van der Waals surface area contributed by atoms with E-state index in [-0.39, 0.29) is 11.3 Å². The summed E-state index contributed by atoms with van der Waals surface area (Å²) in [5, 5.41) is 3.21. The number of amides is 1. The molecule has 0 atom stereocenters. The van der Waals surface area contributed by atoms with Crippen molar-refractivity contribution in [1.29, 1.82) is 0 Å². The molecule has 4 bridgehead atoms. The molecule has 0 radical (unpaired) electrons. The Balaban J connectivity index is 1.16. The summed E-state index contributed by atoms with van der Waals surface area (Å²) in [7, 11) is -3.46. The molecular weight excluding hydrogens is 400 g/mol. The molecule has 1 saturated heterocycles. The molecule has 1 aliphatic heterocycles. The molecule has 7 heteroatoms. The Bertz CT molecular complexity index is 855. The lowest BCUT2D eigenvalue weighted by atomic mass is 9.49. The Morgan fingerprint density at radius 3 is 2.13 bits per heavy atom. The molecule has 0 unspecified atom stereocenters. The largest absolute Gasteiger partial charge is 0.379 e. The second kappa shape index (κ2) is 7.92. The maximum Gasteiger partial charge on any atom is 0.243 e. The first-order valence-corrected chi connectivity index (χ1v) is 12.8. The van der Waals surface area contributed by atoms with E-state index >= 15 is 0 Å². The average Bonchev–Trinajstić information content (AvgIpc) is 2.74. The first kappa shape index (κ1) is 20.5. The molecular formula is C23H32N2O4S. The van der Waals surface area contributed by atoms with Crippen LogP contribution < -0.4 is 5.32 Å². The summed E-state index contributed by atoms with van der Waals surface area (Å²) in [6, 6.07) is 7.09. The van der Waals surface area contributed by atoms with Gasteiger partial charge in [0.2, 0.25) is 15.9 Å². The van der Waals surface area contributed by atoms with E-state index in [4.69, 9.17) is 4.74 Å². The van der Waals surface area contributed by atoms with Crippen molar-refractivity contribution >= 4 is 15.9 Å². The number of rotatable bonds is 6. The standard InChI is InChI=1S/C23H32N2O4S/c26-22(23-14-18-11-19(15-23)13-20(12-18)16-23)24-6-5-17-1-3-21(4-2-17)30(27,28)25-7-9-29-10-8-25/h1-4,18-20H,5-16H2,(H,24,26). The Labute approximate surface area is 179 Å². The van der Waals surface area contributed by atoms with Gasteiger partial charge in [0.15, 0.2) is 0 Å². The van der Waals surface area contributed by atoms with Crippen LogP contribution in [0.3, 0.4) is 0 Å². The van der Waals surface area contributed by atoms with Crippen LogP contribution in [0, 0.1) is 23.2 Å². The van der Waals surface area contributed by atoms with Gasteiger partial charge < -0.3 is 10.1 Å². The summed E-state index contributed by atoms with van der Waals surface area (Å²) in [5.74, 6) is 2.56. The van der Waals surface area contributed by atoms with E-state index < -0.39 is 10.0 Å². The number of nitrogens with one attached hydrogen (secondary N) is 1. The molecule has 0 spiro atoms. The van der Waals surface area contributed by atoms with Crippen molar-refractivity contribution in [2.24, 2.45) is 23.2 Å². The first-order chi connectivity index (χ1) is 14.4. The third-order valence-electron chi connectivity index (χ3n) is 7.75. The van der Waals surface area contributed by atoms with Gasteiger partial charge in [-0.05, 0) is 80.4 Å². The van der Waals surface area contributed by atoms with Crippen molar-refractivity contribution in [3.8, 4) is 0 Å². The summed E-state index contributed by atoms with van der Waals surface area (Å²) in [4.78, 5) is 13.4. The second-order valence-corrected chi connectivity index (χ2v) is 11.8. The molecule has 164 valence electrons. The van der Waals surface area contributed by atoms with Crippen molar-refractivity contribution in [2.45, 2.75) is 49.8 Å². The van der Waals surface area contributed by atoms with Gasteiger partial charge >= 0.3 is 0 Å². The molecule has 1 heterocycles. The minimum absolute atomic E-state index is 0.106. The van der Waals surface area contributed by atoms with E-state index in [1.54, 1.807) is 12.1 Å². The van der Waals surface area contributed by atoms with E-state index in [0.717, 1.165) is 49.0 Å². The Kier molecular flexibility index (Phi) is 5.40. The lowest BCUT2D eigenvalue weighted by Gasteiger charge is -2.55. The molecule has 1 aromatic rings. The molecule has 1 aromatic carbocycles. The highest BCUT2D eigenvalue weighted by Gasteiger charge is 2.54. The van der Waals surface area contributed by atoms with Gasteiger partial charge in [-0.15, -0.1) is 0 Å². The Morgan fingerprint density at radius 1 is 1.00 bits per heavy atom. The minimum Gasteiger partial charge on any atom is -0.379 e. The van der Waals surface area contributed by atoms with Crippen molar-refractivity contribution < 1.29 is 17.9 Å². The Morgan fingerprint density at radius 2 is 1.57 bits per heavy atom. The van der Waals surface area contributed by atoms with E-state index in [1.807, 2.05) is 12.1 Å². The van der Waals surface area contributed by atoms with Crippen molar-refractivity contribution in [1.82, 2.24) is 9.62 Å². The van der Waals surface area contributed by atoms with Crippen LogP contribution in [0.25, 0.3) is 0 Å². The molecule has 1 N–H and O–H groups in total. The molecule has 0 aromatic heterocycles. The first-order valence-electron chi connectivity index (χ1n) is 11.4.